The highest BCUT2D eigenvalue weighted by Crippen LogP contribution is 2.14. The second-order valence-corrected chi connectivity index (χ2v) is 14.3. The van der Waals surface area contributed by atoms with Crippen molar-refractivity contribution in [1.29, 1.82) is 0 Å². The van der Waals surface area contributed by atoms with Gasteiger partial charge in [-0.3, -0.25) is 24.0 Å². The van der Waals surface area contributed by atoms with E-state index in [0.717, 1.165) is 57.8 Å². The molecule has 0 rings (SSSR count). The molecule has 0 saturated carbocycles. The molecule has 0 saturated heterocycles. The molecule has 0 fully saturated rings. The second kappa shape index (κ2) is 40.8. The van der Waals surface area contributed by atoms with Gasteiger partial charge in [0.2, 0.25) is 23.6 Å². The van der Waals surface area contributed by atoms with Crippen molar-refractivity contribution in [3.8, 4) is 0 Å². The molecule has 0 radical (unpaired) electrons. The van der Waals surface area contributed by atoms with Crippen LogP contribution in [-0.4, -0.2) is 124 Å². The number of carbonyl (C=O) groups is 6. The number of carbonyl (C=O) groups excluding carboxylic acids is 4. The van der Waals surface area contributed by atoms with Crippen molar-refractivity contribution in [2.45, 2.75) is 154 Å². The summed E-state index contributed by atoms with van der Waals surface area (Å²) in [6, 6.07) is -1.13. The lowest BCUT2D eigenvalue weighted by Gasteiger charge is -2.14. The van der Waals surface area contributed by atoms with Crippen molar-refractivity contribution in [3.05, 3.63) is 0 Å². The molecule has 16 nitrogen and oxygen atoms in total. The first-order valence-electron chi connectivity index (χ1n) is 21.5. The fourth-order valence-corrected chi connectivity index (χ4v) is 5.75. The average molecular weight is 817 g/mol. The van der Waals surface area contributed by atoms with Gasteiger partial charge >= 0.3 is 11.9 Å². The molecule has 0 spiro atoms. The number of hydrogen-bond donors (Lipinski definition) is 6. The van der Waals surface area contributed by atoms with Gasteiger partial charge in [0.1, 0.15) is 19.3 Å². The summed E-state index contributed by atoms with van der Waals surface area (Å²) in [5.74, 6) is -2.99. The molecular formula is C41H76N4O12. The number of carboxylic acids is 2. The first kappa shape index (κ1) is 53.7. The van der Waals surface area contributed by atoms with E-state index >= 15 is 0 Å². The standard InChI is InChI=1S/C41H76N4O12/c1-2-3-4-19-24-42-38(48)33-56-31-30-55-28-26-44-39(49)34-57-32-29-54-27-25-43-36(46)23-22-35(41(52)53)45-37(47)20-17-15-13-11-9-7-5-6-8-10-12-14-16-18-21-40(50)51/h35H,2-34H2,1H3,(H,42,48)(H,43,46)(H,44,49)(H,45,47)(H,50,51)(H,52,53). The largest absolute Gasteiger partial charge is 0.481 e. The number of carboxylic acid groups (broad SMARTS) is 2. The van der Waals surface area contributed by atoms with E-state index in [1.54, 1.807) is 0 Å². The Balaban J connectivity index is 3.64. The van der Waals surface area contributed by atoms with Crippen LogP contribution in [0.1, 0.15) is 148 Å². The van der Waals surface area contributed by atoms with E-state index < -0.39 is 18.0 Å². The molecule has 6 N–H and O–H groups in total. The van der Waals surface area contributed by atoms with Crippen LogP contribution < -0.4 is 21.3 Å². The summed E-state index contributed by atoms with van der Waals surface area (Å²) in [6.45, 7) is 4.69. The Morgan fingerprint density at radius 1 is 0.439 bits per heavy atom. The fraction of sp³-hybridized carbons (Fsp3) is 0.854. The van der Waals surface area contributed by atoms with Gasteiger partial charge in [-0.15, -0.1) is 0 Å². The van der Waals surface area contributed by atoms with E-state index in [1.165, 1.54) is 51.4 Å². The summed E-state index contributed by atoms with van der Waals surface area (Å²) in [6.07, 6.45) is 20.0. The minimum atomic E-state index is -1.18. The van der Waals surface area contributed by atoms with E-state index in [1.807, 2.05) is 0 Å². The highest BCUT2D eigenvalue weighted by Gasteiger charge is 2.20. The molecule has 57 heavy (non-hydrogen) atoms. The summed E-state index contributed by atoms with van der Waals surface area (Å²) in [5.41, 5.74) is 0. The van der Waals surface area contributed by atoms with Gasteiger partial charge in [-0.1, -0.05) is 103 Å². The van der Waals surface area contributed by atoms with Crippen LogP contribution in [0.15, 0.2) is 0 Å². The van der Waals surface area contributed by atoms with Crippen molar-refractivity contribution >= 4 is 35.6 Å². The first-order valence-corrected chi connectivity index (χ1v) is 21.5. The lowest BCUT2D eigenvalue weighted by molar-refractivity contribution is -0.142. The van der Waals surface area contributed by atoms with Crippen LogP contribution in [-0.2, 0) is 47.7 Å². The van der Waals surface area contributed by atoms with Gasteiger partial charge in [-0.05, 0) is 25.7 Å². The molecule has 1 atom stereocenters. The van der Waals surface area contributed by atoms with Gasteiger partial charge in [-0.2, -0.15) is 0 Å². The van der Waals surface area contributed by atoms with Crippen LogP contribution in [0.25, 0.3) is 0 Å². The fourth-order valence-electron chi connectivity index (χ4n) is 5.75. The maximum Gasteiger partial charge on any atom is 0.326 e. The lowest BCUT2D eigenvalue weighted by atomic mass is 10.0. The Morgan fingerprint density at radius 3 is 1.33 bits per heavy atom. The number of aliphatic carboxylic acids is 2. The van der Waals surface area contributed by atoms with Gasteiger partial charge in [-0.25, -0.2) is 4.79 Å². The molecule has 0 bridgehead atoms. The molecule has 0 aromatic carbocycles. The van der Waals surface area contributed by atoms with Crippen molar-refractivity contribution in [2.24, 2.45) is 0 Å². The zero-order valence-corrected chi connectivity index (χ0v) is 34.9. The Hall–Kier alpha value is -3.34. The monoisotopic (exact) mass is 817 g/mol. The number of unbranched alkanes of at least 4 members (excludes halogenated alkanes) is 16. The topological polar surface area (TPSA) is 228 Å². The van der Waals surface area contributed by atoms with E-state index in [2.05, 4.69) is 28.2 Å². The third-order valence-electron chi connectivity index (χ3n) is 9.04. The van der Waals surface area contributed by atoms with Crippen LogP contribution in [0, 0.1) is 0 Å². The van der Waals surface area contributed by atoms with Crippen LogP contribution in [0.5, 0.6) is 0 Å². The first-order chi connectivity index (χ1) is 27.6. The SMILES string of the molecule is CCCCCCNC(=O)COCCOCCNC(=O)COCCOCCNC(=O)CCC(NC(=O)CCCCCCCCCCCCCCCCC(=O)O)C(=O)O. The van der Waals surface area contributed by atoms with E-state index in [0.29, 0.717) is 32.7 Å². The lowest BCUT2D eigenvalue weighted by Crippen LogP contribution is -2.41. The van der Waals surface area contributed by atoms with Crippen LogP contribution in [0.2, 0.25) is 0 Å². The molecule has 0 aromatic rings. The summed E-state index contributed by atoms with van der Waals surface area (Å²) in [7, 11) is 0. The second-order valence-electron chi connectivity index (χ2n) is 14.3. The Morgan fingerprint density at radius 2 is 0.860 bits per heavy atom. The number of nitrogens with one attached hydrogen (secondary N) is 4. The molecule has 332 valence electrons. The quantitative estimate of drug-likeness (QED) is 0.0462. The zero-order chi connectivity index (χ0) is 42.0. The van der Waals surface area contributed by atoms with Crippen LogP contribution in [0.3, 0.4) is 0 Å². The number of hydrogen-bond acceptors (Lipinski definition) is 10. The molecule has 0 heterocycles. The summed E-state index contributed by atoms with van der Waals surface area (Å²) in [5, 5.41) is 28.8. The number of ether oxygens (including phenoxy) is 4. The third kappa shape index (κ3) is 40.7. The van der Waals surface area contributed by atoms with Crippen LogP contribution >= 0.6 is 0 Å². The highest BCUT2D eigenvalue weighted by molar-refractivity contribution is 5.84. The van der Waals surface area contributed by atoms with Crippen molar-refractivity contribution in [1.82, 2.24) is 21.3 Å². The maximum atomic E-state index is 12.3. The zero-order valence-electron chi connectivity index (χ0n) is 34.9. The predicted molar refractivity (Wildman–Crippen MR) is 217 cm³/mol. The summed E-state index contributed by atoms with van der Waals surface area (Å²) >= 11 is 0. The molecule has 1 unspecified atom stereocenters. The highest BCUT2D eigenvalue weighted by atomic mass is 16.5. The Bertz CT molecular complexity index is 1050. The van der Waals surface area contributed by atoms with Gasteiger partial charge in [0.15, 0.2) is 0 Å². The van der Waals surface area contributed by atoms with Gasteiger partial charge in [0, 0.05) is 38.9 Å². The normalized spacial score (nSPS) is 11.5. The van der Waals surface area contributed by atoms with Crippen molar-refractivity contribution in [3.63, 3.8) is 0 Å². The minimum absolute atomic E-state index is 0.00554. The molecule has 0 aliphatic carbocycles. The molecular weight excluding hydrogens is 740 g/mol. The molecule has 4 amide bonds. The number of amides is 4. The molecule has 0 aliphatic heterocycles. The van der Waals surface area contributed by atoms with E-state index in [-0.39, 0.29) is 95.5 Å². The van der Waals surface area contributed by atoms with Crippen molar-refractivity contribution < 1.29 is 57.9 Å². The molecule has 16 heteroatoms. The van der Waals surface area contributed by atoms with E-state index in [9.17, 15) is 33.9 Å². The van der Waals surface area contributed by atoms with Gasteiger partial charge < -0.3 is 50.4 Å². The Kier molecular flexibility index (Phi) is 38.4. The minimum Gasteiger partial charge on any atom is -0.481 e. The number of rotatable bonds is 43. The van der Waals surface area contributed by atoms with Gasteiger partial charge in [0.05, 0.1) is 39.6 Å². The van der Waals surface area contributed by atoms with E-state index in [4.69, 9.17) is 24.1 Å². The average Bonchev–Trinajstić information content (AvgIpc) is 3.17. The summed E-state index contributed by atoms with van der Waals surface area (Å²) in [4.78, 5) is 70.2. The summed E-state index contributed by atoms with van der Waals surface area (Å²) < 4.78 is 21.3. The van der Waals surface area contributed by atoms with Crippen molar-refractivity contribution in [2.75, 3.05) is 72.5 Å². The third-order valence-corrected chi connectivity index (χ3v) is 9.04. The van der Waals surface area contributed by atoms with Crippen LogP contribution in [0.4, 0.5) is 0 Å². The smallest absolute Gasteiger partial charge is 0.326 e. The Labute approximate surface area is 341 Å². The molecule has 0 aromatic heterocycles. The molecule has 0 aliphatic rings. The predicted octanol–water partition coefficient (Wildman–Crippen LogP) is 4.66. The maximum absolute atomic E-state index is 12.3. The van der Waals surface area contributed by atoms with Gasteiger partial charge in [0.25, 0.3) is 0 Å².